The lowest BCUT2D eigenvalue weighted by molar-refractivity contribution is -0.385. The number of rotatable bonds is 9. The topological polar surface area (TPSA) is 113 Å². The molecule has 0 aliphatic rings. The van der Waals surface area contributed by atoms with Crippen LogP contribution in [0.5, 0.6) is 11.5 Å². The van der Waals surface area contributed by atoms with Gasteiger partial charge in [-0.3, -0.25) is 19.9 Å². The standard InChI is InChI=1S/C19H23N3O6/c1-12(14-5-6-17(18(9-14)27-4)28-8-7-26-3)21-19(23)16-10-15(22(24)25)11-20-13(16)2/h5-6,9-12H,7-8H2,1-4H3,(H,21,23)/t12-/m0/s1. The van der Waals surface area contributed by atoms with Gasteiger partial charge in [0.25, 0.3) is 11.6 Å². The van der Waals surface area contributed by atoms with Crippen LogP contribution >= 0.6 is 0 Å². The molecule has 1 amide bonds. The first-order valence-electron chi connectivity index (χ1n) is 8.59. The molecule has 1 heterocycles. The van der Waals surface area contributed by atoms with E-state index in [1.165, 1.54) is 13.2 Å². The van der Waals surface area contributed by atoms with E-state index in [4.69, 9.17) is 14.2 Å². The van der Waals surface area contributed by atoms with Crippen LogP contribution in [-0.4, -0.2) is 43.2 Å². The normalized spacial score (nSPS) is 11.6. The lowest BCUT2D eigenvalue weighted by Crippen LogP contribution is -2.27. The van der Waals surface area contributed by atoms with Crippen molar-refractivity contribution < 1.29 is 23.9 Å². The SMILES string of the molecule is COCCOc1ccc([C@H](C)NC(=O)c2cc([N+](=O)[O-])cnc2C)cc1OC. The summed E-state index contributed by atoms with van der Waals surface area (Å²) in [6.07, 6.45) is 1.13. The van der Waals surface area contributed by atoms with Crippen LogP contribution in [0.1, 0.15) is 34.6 Å². The van der Waals surface area contributed by atoms with Gasteiger partial charge in [-0.25, -0.2) is 0 Å². The molecule has 1 aromatic heterocycles. The molecule has 2 rings (SSSR count). The van der Waals surface area contributed by atoms with Crippen LogP contribution in [0, 0.1) is 17.0 Å². The number of nitro groups is 1. The van der Waals surface area contributed by atoms with Crippen LogP contribution in [0.25, 0.3) is 0 Å². The summed E-state index contributed by atoms with van der Waals surface area (Å²) in [4.78, 5) is 26.8. The van der Waals surface area contributed by atoms with E-state index in [-0.39, 0.29) is 17.3 Å². The van der Waals surface area contributed by atoms with Crippen molar-refractivity contribution in [3.8, 4) is 11.5 Å². The van der Waals surface area contributed by atoms with Crippen LogP contribution in [0.3, 0.4) is 0 Å². The third-order valence-corrected chi connectivity index (χ3v) is 4.11. The third kappa shape index (κ3) is 5.17. The Balaban J connectivity index is 2.16. The Kier molecular flexibility index (Phi) is 7.28. The quantitative estimate of drug-likeness (QED) is 0.398. The summed E-state index contributed by atoms with van der Waals surface area (Å²) < 4.78 is 15.9. The average molecular weight is 389 g/mol. The smallest absolute Gasteiger partial charge is 0.288 e. The molecule has 0 fully saturated rings. The second kappa shape index (κ2) is 9.65. The van der Waals surface area contributed by atoms with E-state index in [1.807, 2.05) is 6.07 Å². The number of aromatic nitrogens is 1. The Hall–Kier alpha value is -3.20. The highest BCUT2D eigenvalue weighted by molar-refractivity contribution is 5.96. The molecule has 0 saturated heterocycles. The van der Waals surface area contributed by atoms with Crippen molar-refractivity contribution in [1.82, 2.24) is 10.3 Å². The highest BCUT2D eigenvalue weighted by atomic mass is 16.6. The average Bonchev–Trinajstić information content (AvgIpc) is 2.68. The maximum Gasteiger partial charge on any atom is 0.288 e. The first-order valence-corrected chi connectivity index (χ1v) is 8.59. The number of carbonyl (C=O) groups excluding carboxylic acids is 1. The molecule has 0 spiro atoms. The fourth-order valence-electron chi connectivity index (χ4n) is 2.52. The van der Waals surface area contributed by atoms with E-state index in [9.17, 15) is 14.9 Å². The van der Waals surface area contributed by atoms with Crippen LogP contribution < -0.4 is 14.8 Å². The molecule has 0 radical (unpaired) electrons. The second-order valence-corrected chi connectivity index (χ2v) is 6.03. The van der Waals surface area contributed by atoms with Gasteiger partial charge in [0.1, 0.15) is 12.8 Å². The highest BCUT2D eigenvalue weighted by Crippen LogP contribution is 2.30. The van der Waals surface area contributed by atoms with E-state index in [2.05, 4.69) is 10.3 Å². The first kappa shape index (κ1) is 21.1. The van der Waals surface area contributed by atoms with E-state index in [0.717, 1.165) is 11.8 Å². The molecular formula is C19H23N3O6. The van der Waals surface area contributed by atoms with Crippen LogP contribution in [0.2, 0.25) is 0 Å². The fraction of sp³-hybridized carbons (Fsp3) is 0.368. The van der Waals surface area contributed by atoms with Crippen molar-refractivity contribution in [2.24, 2.45) is 0 Å². The Morgan fingerprint density at radius 1 is 1.25 bits per heavy atom. The van der Waals surface area contributed by atoms with E-state index < -0.39 is 10.8 Å². The van der Waals surface area contributed by atoms with Gasteiger partial charge in [-0.1, -0.05) is 6.07 Å². The van der Waals surface area contributed by atoms with Gasteiger partial charge in [-0.15, -0.1) is 0 Å². The van der Waals surface area contributed by atoms with Gasteiger partial charge in [0.05, 0.1) is 35.9 Å². The number of aryl methyl sites for hydroxylation is 1. The molecule has 0 unspecified atom stereocenters. The van der Waals surface area contributed by atoms with Crippen molar-refractivity contribution >= 4 is 11.6 Å². The Bertz CT molecular complexity index is 856. The number of carbonyl (C=O) groups is 1. The zero-order valence-electron chi connectivity index (χ0n) is 16.2. The van der Waals surface area contributed by atoms with Crippen molar-refractivity contribution in [3.05, 3.63) is 57.4 Å². The third-order valence-electron chi connectivity index (χ3n) is 4.11. The van der Waals surface area contributed by atoms with Gasteiger partial charge in [-0.2, -0.15) is 0 Å². The minimum absolute atomic E-state index is 0.160. The summed E-state index contributed by atoms with van der Waals surface area (Å²) in [5.41, 5.74) is 1.13. The van der Waals surface area contributed by atoms with Crippen molar-refractivity contribution in [3.63, 3.8) is 0 Å². The summed E-state index contributed by atoms with van der Waals surface area (Å²) in [5, 5.41) is 13.8. The number of nitrogens with zero attached hydrogens (tertiary/aromatic N) is 2. The van der Waals surface area contributed by atoms with Gasteiger partial charge in [-0.05, 0) is 31.5 Å². The minimum atomic E-state index is -0.584. The maximum atomic E-state index is 12.6. The predicted molar refractivity (Wildman–Crippen MR) is 102 cm³/mol. The summed E-state index contributed by atoms with van der Waals surface area (Å²) in [7, 11) is 3.12. The minimum Gasteiger partial charge on any atom is -0.493 e. The molecule has 9 nitrogen and oxygen atoms in total. The van der Waals surface area contributed by atoms with E-state index >= 15 is 0 Å². The van der Waals surface area contributed by atoms with E-state index in [1.54, 1.807) is 33.1 Å². The summed E-state index contributed by atoms with van der Waals surface area (Å²) in [6.45, 7) is 4.27. The molecule has 1 N–H and O–H groups in total. The molecule has 150 valence electrons. The second-order valence-electron chi connectivity index (χ2n) is 6.03. The molecule has 9 heteroatoms. The first-order chi connectivity index (χ1) is 13.4. The Morgan fingerprint density at radius 3 is 2.64 bits per heavy atom. The molecule has 0 aliphatic carbocycles. The van der Waals surface area contributed by atoms with Crippen molar-refractivity contribution in [2.75, 3.05) is 27.4 Å². The largest absolute Gasteiger partial charge is 0.493 e. The number of benzene rings is 1. The Labute approximate surface area is 162 Å². The van der Waals surface area contributed by atoms with Crippen LogP contribution in [0.15, 0.2) is 30.5 Å². The summed E-state index contributed by atoms with van der Waals surface area (Å²) in [5.74, 6) is 0.657. The highest BCUT2D eigenvalue weighted by Gasteiger charge is 2.19. The molecule has 1 aromatic carbocycles. The zero-order chi connectivity index (χ0) is 20.7. The van der Waals surface area contributed by atoms with Gasteiger partial charge in [0.2, 0.25) is 0 Å². The van der Waals surface area contributed by atoms with Crippen LogP contribution in [0.4, 0.5) is 5.69 Å². The molecule has 2 aromatic rings. The number of pyridine rings is 1. The number of methoxy groups -OCH3 is 2. The fourth-order valence-corrected chi connectivity index (χ4v) is 2.52. The van der Waals surface area contributed by atoms with Gasteiger partial charge >= 0.3 is 0 Å². The molecule has 0 aliphatic heterocycles. The molecule has 28 heavy (non-hydrogen) atoms. The predicted octanol–water partition coefficient (Wildman–Crippen LogP) is 2.82. The van der Waals surface area contributed by atoms with Gasteiger partial charge in [0, 0.05) is 13.2 Å². The zero-order valence-corrected chi connectivity index (χ0v) is 16.2. The summed E-state index contributed by atoms with van der Waals surface area (Å²) in [6, 6.07) is 6.19. The lowest BCUT2D eigenvalue weighted by atomic mass is 10.1. The Morgan fingerprint density at radius 2 is 2.00 bits per heavy atom. The van der Waals surface area contributed by atoms with Crippen molar-refractivity contribution in [2.45, 2.75) is 19.9 Å². The molecular weight excluding hydrogens is 366 g/mol. The number of hydrogen-bond donors (Lipinski definition) is 1. The molecule has 1 atom stereocenters. The number of amides is 1. The molecule has 0 saturated carbocycles. The monoisotopic (exact) mass is 389 g/mol. The lowest BCUT2D eigenvalue weighted by Gasteiger charge is -2.17. The van der Waals surface area contributed by atoms with E-state index in [0.29, 0.717) is 30.4 Å². The number of hydrogen-bond acceptors (Lipinski definition) is 7. The van der Waals surface area contributed by atoms with Gasteiger partial charge < -0.3 is 19.5 Å². The van der Waals surface area contributed by atoms with Crippen molar-refractivity contribution in [1.29, 1.82) is 0 Å². The molecule has 0 bridgehead atoms. The number of nitrogens with one attached hydrogen (secondary N) is 1. The summed E-state index contributed by atoms with van der Waals surface area (Å²) >= 11 is 0. The van der Waals surface area contributed by atoms with Gasteiger partial charge in [0.15, 0.2) is 11.5 Å². The van der Waals surface area contributed by atoms with Crippen LogP contribution in [-0.2, 0) is 4.74 Å². The maximum absolute atomic E-state index is 12.6. The number of ether oxygens (including phenoxy) is 3.